The van der Waals surface area contributed by atoms with Crippen molar-refractivity contribution in [2.75, 3.05) is 39.6 Å². The van der Waals surface area contributed by atoms with Gasteiger partial charge in [0.15, 0.2) is 0 Å². The van der Waals surface area contributed by atoms with E-state index in [0.29, 0.717) is 0 Å². The lowest BCUT2D eigenvalue weighted by Crippen LogP contribution is -2.62. The molecule has 0 aliphatic carbocycles. The summed E-state index contributed by atoms with van der Waals surface area (Å²) >= 11 is 0. The summed E-state index contributed by atoms with van der Waals surface area (Å²) in [5.74, 6) is -13.6. The Balaban J connectivity index is 5.63. The minimum Gasteiger partial charge on any atom is -0.481 e. The van der Waals surface area contributed by atoms with Crippen LogP contribution in [-0.4, -0.2) is 194 Å². The first-order valence-electron chi connectivity index (χ1n) is 17.8. The van der Waals surface area contributed by atoms with Gasteiger partial charge in [-0.15, -0.1) is 0 Å². The molecule has 0 unspecified atom stereocenters. The van der Waals surface area contributed by atoms with Gasteiger partial charge in [0.1, 0.15) is 48.3 Å². The van der Waals surface area contributed by atoms with Gasteiger partial charge in [-0.05, 0) is 11.8 Å². The quantitative estimate of drug-likeness (QED) is 0.0365. The molecule has 0 aromatic carbocycles. The predicted molar refractivity (Wildman–Crippen MR) is 196 cm³/mol. The zero-order valence-electron chi connectivity index (χ0n) is 32.5. The summed E-state index contributed by atoms with van der Waals surface area (Å²) in [6, 6.07) is -15.5. The van der Waals surface area contributed by atoms with Crippen LogP contribution in [0.4, 0.5) is 0 Å². The normalized spacial score (nSPS) is 15.7. The molecule has 0 aromatic rings. The average Bonchev–Trinajstić information content (AvgIpc) is 3.17. The highest BCUT2D eigenvalue weighted by Gasteiger charge is 2.35. The van der Waals surface area contributed by atoms with E-state index < -0.39 is 171 Å². The maximum absolute atomic E-state index is 13.0. The molecule has 0 spiro atoms. The van der Waals surface area contributed by atoms with Gasteiger partial charge in [0.25, 0.3) is 0 Å². The van der Waals surface area contributed by atoms with Gasteiger partial charge in [0, 0.05) is 0 Å². The molecule has 9 atom stereocenters. The summed E-state index contributed by atoms with van der Waals surface area (Å²) in [5.41, 5.74) is 5.40. The summed E-state index contributed by atoms with van der Waals surface area (Å²) in [7, 11) is 0. The van der Waals surface area contributed by atoms with Gasteiger partial charge in [-0.3, -0.25) is 43.2 Å². The van der Waals surface area contributed by atoms with Crippen molar-refractivity contribution in [1.82, 2.24) is 42.5 Å². The van der Waals surface area contributed by atoms with Gasteiger partial charge >= 0.3 is 11.9 Å². The van der Waals surface area contributed by atoms with Crippen molar-refractivity contribution in [3.05, 3.63) is 0 Å². The molecule has 8 amide bonds. The van der Waals surface area contributed by atoms with Crippen LogP contribution >= 0.6 is 0 Å². The molecule has 0 saturated heterocycles. The standard InChI is InChI=1S/C32H55N9O18/c1-12(2)22(31(57)41-23(13(3)4)32(58)59)40-30(56)20(11-47)39-29(55)19(10-46)38-28(54)18(9-45)37-27(53)17(8-44)36-26(52)16(7-43)35-25(51)15(6-42)34-24(50)14(33)5-21(48)49/h12-20,22-23,42-47H,5-11,33H2,1-4H3,(H,34,50)(H,35,51)(H,36,52)(H,37,53)(H,38,54)(H,39,55)(H,40,56)(H,41,57)(H,48,49)(H,58,59)/t14-,15-,16-,17-,18-,19-,20-,22-,23-/m0/s1. The molecule has 336 valence electrons. The van der Waals surface area contributed by atoms with E-state index in [1.54, 1.807) is 0 Å². The van der Waals surface area contributed by atoms with Crippen molar-refractivity contribution in [2.24, 2.45) is 17.6 Å². The van der Waals surface area contributed by atoms with Crippen molar-refractivity contribution in [3.8, 4) is 0 Å². The largest absolute Gasteiger partial charge is 0.481 e. The second-order valence-electron chi connectivity index (χ2n) is 13.5. The van der Waals surface area contributed by atoms with Gasteiger partial charge in [-0.25, -0.2) is 4.79 Å². The van der Waals surface area contributed by atoms with Crippen LogP contribution in [-0.2, 0) is 47.9 Å². The van der Waals surface area contributed by atoms with Crippen LogP contribution in [0, 0.1) is 11.8 Å². The zero-order valence-corrected chi connectivity index (χ0v) is 32.5. The number of carboxylic acid groups (broad SMARTS) is 2. The lowest BCUT2D eigenvalue weighted by Gasteiger charge is -2.27. The molecule has 27 nitrogen and oxygen atoms in total. The number of carbonyl (C=O) groups excluding carboxylic acids is 8. The van der Waals surface area contributed by atoms with Gasteiger partial charge in [-0.2, -0.15) is 0 Å². The number of nitrogens with two attached hydrogens (primary N) is 1. The molecule has 0 heterocycles. The van der Waals surface area contributed by atoms with Gasteiger partial charge < -0.3 is 89.1 Å². The van der Waals surface area contributed by atoms with Crippen LogP contribution in [0.3, 0.4) is 0 Å². The number of nitrogens with one attached hydrogen (secondary N) is 8. The Morgan fingerprint density at radius 3 is 0.847 bits per heavy atom. The Morgan fingerprint density at radius 2 is 0.627 bits per heavy atom. The summed E-state index contributed by atoms with van der Waals surface area (Å²) in [6.07, 6.45) is -0.832. The van der Waals surface area contributed by atoms with E-state index in [4.69, 9.17) is 10.8 Å². The Labute approximate surface area is 336 Å². The van der Waals surface area contributed by atoms with Crippen LogP contribution in [0.2, 0.25) is 0 Å². The van der Waals surface area contributed by atoms with Crippen LogP contribution < -0.4 is 48.3 Å². The summed E-state index contributed by atoms with van der Waals surface area (Å²) < 4.78 is 0. The predicted octanol–water partition coefficient (Wildman–Crippen LogP) is -9.98. The Hall–Kier alpha value is -5.58. The number of hydrogen-bond acceptors (Lipinski definition) is 17. The van der Waals surface area contributed by atoms with Gasteiger partial charge in [0.05, 0.1) is 52.1 Å². The van der Waals surface area contributed by atoms with Crippen molar-refractivity contribution in [3.63, 3.8) is 0 Å². The molecule has 59 heavy (non-hydrogen) atoms. The fourth-order valence-corrected chi connectivity index (χ4v) is 4.63. The molecule has 0 aliphatic heterocycles. The molecule has 0 bridgehead atoms. The lowest BCUT2D eigenvalue weighted by molar-refractivity contribution is -0.144. The first kappa shape index (κ1) is 53.4. The fraction of sp³-hybridized carbons (Fsp3) is 0.688. The Kier molecular flexibility index (Phi) is 23.9. The second kappa shape index (κ2) is 26.4. The van der Waals surface area contributed by atoms with E-state index in [1.807, 2.05) is 31.9 Å². The van der Waals surface area contributed by atoms with E-state index in [2.05, 4.69) is 10.6 Å². The topological polar surface area (TPSA) is 455 Å². The zero-order chi connectivity index (χ0) is 45.7. The smallest absolute Gasteiger partial charge is 0.326 e. The molecule has 18 N–H and O–H groups in total. The number of rotatable bonds is 27. The Morgan fingerprint density at radius 1 is 0.390 bits per heavy atom. The van der Waals surface area contributed by atoms with Crippen LogP contribution in [0.15, 0.2) is 0 Å². The number of carboxylic acids is 2. The number of amides is 8. The highest BCUT2D eigenvalue weighted by atomic mass is 16.4. The lowest BCUT2D eigenvalue weighted by atomic mass is 10.00. The van der Waals surface area contributed by atoms with Crippen molar-refractivity contribution in [1.29, 1.82) is 0 Å². The summed E-state index contributed by atoms with van der Waals surface area (Å²) in [5, 5.41) is 92.9. The highest BCUT2D eigenvalue weighted by molar-refractivity contribution is 5.98. The minimum atomic E-state index is -1.94. The number of aliphatic hydroxyl groups is 6. The van der Waals surface area contributed by atoms with E-state index in [1.165, 1.54) is 27.7 Å². The van der Waals surface area contributed by atoms with Crippen molar-refractivity contribution in [2.45, 2.75) is 88.5 Å². The Bertz CT molecular complexity index is 1500. The molecule has 0 radical (unpaired) electrons. The first-order chi connectivity index (χ1) is 27.5. The van der Waals surface area contributed by atoms with Crippen molar-refractivity contribution < 1.29 is 88.8 Å². The molecule has 27 heteroatoms. The van der Waals surface area contributed by atoms with E-state index in [9.17, 15) is 83.7 Å². The van der Waals surface area contributed by atoms with Crippen LogP contribution in [0.25, 0.3) is 0 Å². The first-order valence-corrected chi connectivity index (χ1v) is 17.8. The van der Waals surface area contributed by atoms with E-state index in [0.717, 1.165) is 0 Å². The highest BCUT2D eigenvalue weighted by Crippen LogP contribution is 2.07. The van der Waals surface area contributed by atoms with Crippen LogP contribution in [0.1, 0.15) is 34.1 Å². The van der Waals surface area contributed by atoms with Crippen LogP contribution in [0.5, 0.6) is 0 Å². The molecule has 0 saturated carbocycles. The molecule has 0 fully saturated rings. The maximum atomic E-state index is 13.0. The average molecular weight is 854 g/mol. The number of carbonyl (C=O) groups is 10. The molecular weight excluding hydrogens is 798 g/mol. The third-order valence-electron chi connectivity index (χ3n) is 8.10. The summed E-state index contributed by atoms with van der Waals surface area (Å²) in [4.78, 5) is 124. The SMILES string of the molecule is CC(C)[C@H](NC(=O)[C@@H](NC(=O)[C@H](CO)NC(=O)[C@H](CO)NC(=O)[C@H](CO)NC(=O)[C@H](CO)NC(=O)[C@H](CO)NC(=O)[C@H](CO)NC(=O)[C@@H](N)CC(=O)O)C(C)C)C(=O)O. The third-order valence-corrected chi connectivity index (χ3v) is 8.10. The van der Waals surface area contributed by atoms with E-state index in [-0.39, 0.29) is 0 Å². The fourth-order valence-electron chi connectivity index (χ4n) is 4.63. The molecule has 0 aromatic heterocycles. The third kappa shape index (κ3) is 17.8. The molecular formula is C32H55N9O18. The number of hydrogen-bond donors (Lipinski definition) is 17. The monoisotopic (exact) mass is 853 g/mol. The minimum absolute atomic E-state index is 0.533. The maximum Gasteiger partial charge on any atom is 0.326 e. The summed E-state index contributed by atoms with van der Waals surface area (Å²) in [6.45, 7) is -0.673. The van der Waals surface area contributed by atoms with Gasteiger partial charge in [0.2, 0.25) is 47.3 Å². The van der Waals surface area contributed by atoms with Crippen molar-refractivity contribution >= 4 is 59.2 Å². The second-order valence-corrected chi connectivity index (χ2v) is 13.5. The number of aliphatic carboxylic acids is 2. The van der Waals surface area contributed by atoms with Gasteiger partial charge in [-0.1, -0.05) is 27.7 Å². The number of aliphatic hydroxyl groups excluding tert-OH is 6. The molecule has 0 aliphatic rings. The molecule has 0 rings (SSSR count). The van der Waals surface area contributed by atoms with E-state index >= 15 is 0 Å².